The van der Waals surface area contributed by atoms with E-state index in [-0.39, 0.29) is 12.5 Å². The topological polar surface area (TPSA) is 96.5 Å². The van der Waals surface area contributed by atoms with Crippen molar-refractivity contribution < 1.29 is 19.1 Å². The van der Waals surface area contributed by atoms with Crippen LogP contribution in [0.15, 0.2) is 54.6 Å². The van der Waals surface area contributed by atoms with Crippen molar-refractivity contribution in [2.24, 2.45) is 5.92 Å². The monoisotopic (exact) mass is 397 g/mol. The summed E-state index contributed by atoms with van der Waals surface area (Å²) in [4.78, 5) is 36.9. The molecule has 0 fully saturated rings. The van der Waals surface area contributed by atoms with Gasteiger partial charge in [0, 0.05) is 5.56 Å². The molecular formula is C22H27N3O4. The molecule has 0 unspecified atom stereocenters. The standard InChI is InChI=1S/C22H27N3O4/c1-4-16(3)19(23-22(28)29-14-17-8-6-5-7-9-17)21(27)25-24-20(26)18-12-10-15(2)11-13-18/h5-13,16,19H,4,14H2,1-3H3,(H,23,28)(H,24,26)(H,25,27)/t16-,19-/m0/s1. The molecule has 2 atom stereocenters. The summed E-state index contributed by atoms with van der Waals surface area (Å²) < 4.78 is 5.19. The molecule has 0 saturated heterocycles. The van der Waals surface area contributed by atoms with Crippen molar-refractivity contribution in [1.29, 1.82) is 0 Å². The molecule has 2 aromatic carbocycles. The van der Waals surface area contributed by atoms with Crippen LogP contribution in [0.5, 0.6) is 0 Å². The second kappa shape index (κ2) is 10.8. The number of alkyl carbamates (subject to hydrolysis) is 1. The van der Waals surface area contributed by atoms with E-state index in [4.69, 9.17) is 4.74 Å². The number of hydrogen-bond donors (Lipinski definition) is 3. The van der Waals surface area contributed by atoms with Gasteiger partial charge in [-0.25, -0.2) is 4.79 Å². The van der Waals surface area contributed by atoms with Gasteiger partial charge in [0.25, 0.3) is 11.8 Å². The highest BCUT2D eigenvalue weighted by molar-refractivity contribution is 5.96. The first-order chi connectivity index (χ1) is 13.9. The summed E-state index contributed by atoms with van der Waals surface area (Å²) in [7, 11) is 0. The normalized spacial score (nSPS) is 12.4. The van der Waals surface area contributed by atoms with Crippen LogP contribution in [-0.2, 0) is 16.1 Å². The van der Waals surface area contributed by atoms with Crippen LogP contribution < -0.4 is 16.2 Å². The van der Waals surface area contributed by atoms with E-state index in [1.807, 2.05) is 63.2 Å². The average Bonchev–Trinajstić information content (AvgIpc) is 2.74. The van der Waals surface area contributed by atoms with Crippen molar-refractivity contribution in [2.75, 3.05) is 0 Å². The predicted octanol–water partition coefficient (Wildman–Crippen LogP) is 3.10. The first-order valence-corrected chi connectivity index (χ1v) is 9.54. The number of hydrogen-bond acceptors (Lipinski definition) is 4. The van der Waals surface area contributed by atoms with Crippen molar-refractivity contribution in [3.05, 3.63) is 71.3 Å². The number of hydrazine groups is 1. The Balaban J connectivity index is 1.90. The molecule has 0 radical (unpaired) electrons. The Kier molecular flexibility index (Phi) is 8.21. The van der Waals surface area contributed by atoms with Crippen LogP contribution in [0.4, 0.5) is 4.79 Å². The minimum atomic E-state index is -0.846. The number of ether oxygens (including phenoxy) is 1. The van der Waals surface area contributed by atoms with E-state index < -0.39 is 23.9 Å². The van der Waals surface area contributed by atoms with Gasteiger partial charge in [0.2, 0.25) is 0 Å². The maximum atomic E-state index is 12.5. The second-order valence-corrected chi connectivity index (χ2v) is 6.88. The maximum absolute atomic E-state index is 12.5. The molecule has 7 nitrogen and oxygen atoms in total. The van der Waals surface area contributed by atoms with E-state index in [1.165, 1.54) is 0 Å². The fraction of sp³-hybridized carbons (Fsp3) is 0.318. The Labute approximate surface area is 170 Å². The summed E-state index contributed by atoms with van der Waals surface area (Å²) in [5, 5.41) is 2.58. The van der Waals surface area contributed by atoms with Crippen molar-refractivity contribution in [3.8, 4) is 0 Å². The summed E-state index contributed by atoms with van der Waals surface area (Å²) in [6.07, 6.45) is -0.0395. The minimum Gasteiger partial charge on any atom is -0.445 e. The number of amides is 3. The molecule has 0 bridgehead atoms. The molecule has 0 aliphatic rings. The molecule has 3 N–H and O–H groups in total. The van der Waals surface area contributed by atoms with E-state index in [0.29, 0.717) is 12.0 Å². The molecular weight excluding hydrogens is 370 g/mol. The Bertz CT molecular complexity index is 822. The smallest absolute Gasteiger partial charge is 0.408 e. The van der Waals surface area contributed by atoms with Crippen LogP contribution in [0.3, 0.4) is 0 Å². The molecule has 29 heavy (non-hydrogen) atoms. The van der Waals surface area contributed by atoms with E-state index in [2.05, 4.69) is 16.2 Å². The van der Waals surface area contributed by atoms with Gasteiger partial charge in [0.15, 0.2) is 0 Å². The van der Waals surface area contributed by atoms with Crippen molar-refractivity contribution in [1.82, 2.24) is 16.2 Å². The van der Waals surface area contributed by atoms with Crippen molar-refractivity contribution in [3.63, 3.8) is 0 Å². The van der Waals surface area contributed by atoms with Gasteiger partial charge in [-0.15, -0.1) is 0 Å². The third-order valence-corrected chi connectivity index (χ3v) is 4.59. The third kappa shape index (κ3) is 6.95. The Morgan fingerprint density at radius 1 is 0.966 bits per heavy atom. The lowest BCUT2D eigenvalue weighted by Crippen LogP contribution is -2.54. The van der Waals surface area contributed by atoms with E-state index in [1.54, 1.807) is 12.1 Å². The van der Waals surface area contributed by atoms with Gasteiger partial charge in [-0.1, -0.05) is 68.3 Å². The zero-order valence-corrected chi connectivity index (χ0v) is 16.9. The number of rotatable bonds is 7. The largest absolute Gasteiger partial charge is 0.445 e. The number of carbonyl (C=O) groups is 3. The average molecular weight is 397 g/mol. The second-order valence-electron chi connectivity index (χ2n) is 6.88. The van der Waals surface area contributed by atoms with Gasteiger partial charge in [0.05, 0.1) is 0 Å². The third-order valence-electron chi connectivity index (χ3n) is 4.59. The summed E-state index contributed by atoms with van der Waals surface area (Å²) in [5.74, 6) is -1.11. The minimum absolute atomic E-state index is 0.103. The summed E-state index contributed by atoms with van der Waals surface area (Å²) >= 11 is 0. The summed E-state index contributed by atoms with van der Waals surface area (Å²) in [5.41, 5.74) is 7.06. The number of benzene rings is 2. The highest BCUT2D eigenvalue weighted by atomic mass is 16.5. The SMILES string of the molecule is CC[C@H](C)[C@H](NC(=O)OCc1ccccc1)C(=O)NNC(=O)c1ccc(C)cc1. The Morgan fingerprint density at radius 2 is 1.62 bits per heavy atom. The zero-order chi connectivity index (χ0) is 21.2. The van der Waals surface area contributed by atoms with Crippen LogP contribution in [0.1, 0.15) is 41.8 Å². The molecule has 154 valence electrons. The molecule has 3 amide bonds. The van der Waals surface area contributed by atoms with Gasteiger partial charge in [-0.05, 0) is 30.5 Å². The van der Waals surface area contributed by atoms with Gasteiger partial charge < -0.3 is 10.1 Å². The van der Waals surface area contributed by atoms with Gasteiger partial charge in [0.1, 0.15) is 12.6 Å². The van der Waals surface area contributed by atoms with Gasteiger partial charge >= 0.3 is 6.09 Å². The van der Waals surface area contributed by atoms with Crippen LogP contribution in [0.25, 0.3) is 0 Å². The molecule has 0 heterocycles. The van der Waals surface area contributed by atoms with Crippen molar-refractivity contribution in [2.45, 2.75) is 39.8 Å². The van der Waals surface area contributed by atoms with Gasteiger partial charge in [-0.2, -0.15) is 0 Å². The fourth-order valence-corrected chi connectivity index (χ4v) is 2.57. The highest BCUT2D eigenvalue weighted by Gasteiger charge is 2.27. The zero-order valence-electron chi connectivity index (χ0n) is 16.9. The van der Waals surface area contributed by atoms with E-state index in [0.717, 1.165) is 11.1 Å². The molecule has 0 spiro atoms. The molecule has 0 aliphatic heterocycles. The lowest BCUT2D eigenvalue weighted by molar-refractivity contribution is -0.125. The molecule has 0 aromatic heterocycles. The quantitative estimate of drug-likeness (QED) is 0.626. The summed E-state index contributed by atoms with van der Waals surface area (Å²) in [6.45, 7) is 5.77. The Morgan fingerprint density at radius 3 is 2.24 bits per heavy atom. The Hall–Kier alpha value is -3.35. The van der Waals surface area contributed by atoms with E-state index >= 15 is 0 Å². The molecule has 0 aliphatic carbocycles. The van der Waals surface area contributed by atoms with E-state index in [9.17, 15) is 14.4 Å². The summed E-state index contributed by atoms with van der Waals surface area (Å²) in [6, 6.07) is 15.4. The van der Waals surface area contributed by atoms with Gasteiger partial charge in [-0.3, -0.25) is 20.4 Å². The number of aryl methyl sites for hydroxylation is 1. The fourth-order valence-electron chi connectivity index (χ4n) is 2.57. The number of carbonyl (C=O) groups excluding carboxylic acids is 3. The lowest BCUT2D eigenvalue weighted by atomic mass is 9.99. The molecule has 2 rings (SSSR count). The molecule has 0 saturated carbocycles. The first kappa shape index (κ1) is 21.9. The predicted molar refractivity (Wildman–Crippen MR) is 110 cm³/mol. The van der Waals surface area contributed by atoms with Crippen molar-refractivity contribution >= 4 is 17.9 Å². The number of nitrogens with one attached hydrogen (secondary N) is 3. The highest BCUT2D eigenvalue weighted by Crippen LogP contribution is 2.09. The first-order valence-electron chi connectivity index (χ1n) is 9.54. The molecule has 2 aromatic rings. The van der Waals surface area contributed by atoms with Crippen LogP contribution in [-0.4, -0.2) is 23.9 Å². The lowest BCUT2D eigenvalue weighted by Gasteiger charge is -2.23. The molecule has 7 heteroatoms. The maximum Gasteiger partial charge on any atom is 0.408 e. The van der Waals surface area contributed by atoms with Crippen LogP contribution in [0, 0.1) is 12.8 Å². The van der Waals surface area contributed by atoms with Crippen LogP contribution >= 0.6 is 0 Å². The van der Waals surface area contributed by atoms with Crippen LogP contribution in [0.2, 0.25) is 0 Å².